The van der Waals surface area contributed by atoms with E-state index < -0.39 is 23.7 Å². The van der Waals surface area contributed by atoms with E-state index in [2.05, 4.69) is 84.3 Å². The van der Waals surface area contributed by atoms with Crippen molar-refractivity contribution in [3.8, 4) is 0 Å². The normalized spacial score (nSPS) is 15.6. The van der Waals surface area contributed by atoms with Gasteiger partial charge in [0.2, 0.25) is 0 Å². The van der Waals surface area contributed by atoms with Crippen LogP contribution in [0.4, 0.5) is 13.2 Å². The van der Waals surface area contributed by atoms with Crippen LogP contribution in [0.25, 0.3) is 0 Å². The summed E-state index contributed by atoms with van der Waals surface area (Å²) >= 11 is 0. The molecule has 0 aromatic heterocycles. The zero-order valence-electron chi connectivity index (χ0n) is 26.6. The van der Waals surface area contributed by atoms with Gasteiger partial charge in [0.25, 0.3) is 0 Å². The summed E-state index contributed by atoms with van der Waals surface area (Å²) in [6.45, 7) is 27.3. The maximum absolute atomic E-state index is 11.5. The molecule has 10 nitrogen and oxygen atoms in total. The van der Waals surface area contributed by atoms with Gasteiger partial charge in [0.15, 0.2) is 0 Å². The number of carbonyl (C=O) groups is 3. The second-order valence-electron chi connectivity index (χ2n) is 8.12. The van der Waals surface area contributed by atoms with Crippen LogP contribution >= 0.6 is 0 Å². The van der Waals surface area contributed by atoms with Crippen molar-refractivity contribution in [1.82, 2.24) is 0 Å². The number of hydrogen-bond donors (Lipinski definition) is 0. The second-order valence-corrected chi connectivity index (χ2v) is 8.12. The highest BCUT2D eigenvalue weighted by Gasteiger charge is 2.43. The number of epoxide rings is 2. The Morgan fingerprint density at radius 2 is 1.29 bits per heavy atom. The molecule has 246 valence electrons. The van der Waals surface area contributed by atoms with Crippen LogP contribution in [0.1, 0.15) is 34.6 Å². The highest BCUT2D eigenvalue weighted by Crippen LogP contribution is 2.33. The quantitative estimate of drug-likeness (QED) is 0.0941. The summed E-state index contributed by atoms with van der Waals surface area (Å²) in [6.07, 6.45) is 0.588. The van der Waals surface area contributed by atoms with Gasteiger partial charge in [-0.15, -0.1) is 6.58 Å². The summed E-state index contributed by atoms with van der Waals surface area (Å²) in [6, 6.07) is 0. The van der Waals surface area contributed by atoms with Crippen LogP contribution in [0.2, 0.25) is 0 Å². The summed E-state index contributed by atoms with van der Waals surface area (Å²) in [5.41, 5.74) is -0.850. The Kier molecular flexibility index (Phi) is 33.5. The van der Waals surface area contributed by atoms with Crippen molar-refractivity contribution in [1.29, 1.82) is 0 Å². The lowest BCUT2D eigenvalue weighted by Crippen LogP contribution is -2.19. The number of alkyl halides is 3. The summed E-state index contributed by atoms with van der Waals surface area (Å²) in [5.74, 6) is -2.19. The number of hydrogen-bond acceptors (Lipinski definition) is 10. The summed E-state index contributed by atoms with van der Waals surface area (Å²) in [4.78, 5) is 30.1. The molecular formula is C29H49F3O10. The smallest absolute Gasteiger partial charge is 0.422 e. The van der Waals surface area contributed by atoms with E-state index in [0.717, 1.165) is 19.8 Å². The number of ether oxygens (including phenoxy) is 7. The van der Waals surface area contributed by atoms with Crippen molar-refractivity contribution >= 4 is 17.9 Å². The SMILES string of the molecule is C=C(C(=O)OC)C(F)(F)F.C=C(C)C(=O)OC.C=CC(=O)OC.C=CCOC.C=COC.CC1CO1.CC1OC1(C)C. The van der Waals surface area contributed by atoms with Gasteiger partial charge in [-0.2, -0.15) is 13.2 Å². The maximum atomic E-state index is 11.5. The number of esters is 3. The number of methoxy groups -OCH3 is 5. The van der Waals surface area contributed by atoms with Gasteiger partial charge >= 0.3 is 24.1 Å². The second kappa shape index (κ2) is 29.1. The fourth-order valence-electron chi connectivity index (χ4n) is 1.13. The third-order valence-corrected chi connectivity index (χ3v) is 4.03. The summed E-state index contributed by atoms with van der Waals surface area (Å²) in [5, 5.41) is 0. The molecule has 2 heterocycles. The van der Waals surface area contributed by atoms with Gasteiger partial charge in [-0.25, -0.2) is 14.4 Å². The Labute approximate surface area is 248 Å². The van der Waals surface area contributed by atoms with Crippen molar-refractivity contribution < 1.29 is 60.7 Å². The van der Waals surface area contributed by atoms with Crippen LogP contribution in [0.3, 0.4) is 0 Å². The maximum Gasteiger partial charge on any atom is 0.422 e. The first kappa shape index (κ1) is 48.3. The molecule has 0 N–H and O–H groups in total. The van der Waals surface area contributed by atoms with E-state index in [9.17, 15) is 27.6 Å². The lowest BCUT2D eigenvalue weighted by molar-refractivity contribution is -0.148. The molecule has 0 aromatic rings. The van der Waals surface area contributed by atoms with Crippen molar-refractivity contribution in [3.05, 3.63) is 62.5 Å². The standard InChI is InChI=1S/C5H5F3O2.C5H8O2.C5H10O.C4H6O2.C4H8O.2C3H6O/c1-3(4(9)10-2)5(6,7)8;1-4(2)5(6)7-3;1-4-5(2,3)6-4;1-3-4(5)6-2;1-3-4-5-2;1-3-2-4-3;1-3-4-2/h1H2,2H3;1H2,2-3H3;4H,1-3H3;3H,1H2,2H3;3H,1,4H2,2H3;3H,2H2,1H3;3H,1H2,2H3. The number of rotatable bonds is 6. The van der Waals surface area contributed by atoms with Gasteiger partial charge in [-0.3, -0.25) is 0 Å². The summed E-state index contributed by atoms with van der Waals surface area (Å²) < 4.78 is 65.3. The Morgan fingerprint density at radius 3 is 1.31 bits per heavy atom. The molecule has 42 heavy (non-hydrogen) atoms. The van der Waals surface area contributed by atoms with Crippen molar-refractivity contribution in [3.63, 3.8) is 0 Å². The third-order valence-electron chi connectivity index (χ3n) is 4.03. The predicted octanol–water partition coefficient (Wildman–Crippen LogP) is 5.54. The van der Waals surface area contributed by atoms with Gasteiger partial charge in [0.05, 0.1) is 65.7 Å². The molecular weight excluding hydrogens is 565 g/mol. The highest BCUT2D eigenvalue weighted by molar-refractivity contribution is 5.89. The van der Waals surface area contributed by atoms with Gasteiger partial charge in [0, 0.05) is 18.8 Å². The zero-order valence-corrected chi connectivity index (χ0v) is 26.6. The molecule has 0 spiro atoms. The Hall–Kier alpha value is -3.42. The molecule has 2 aliphatic rings. The molecule has 13 heteroatoms. The first-order valence-corrected chi connectivity index (χ1v) is 12.1. The fraction of sp³-hybridized carbons (Fsp3) is 0.552. The molecule has 0 aliphatic carbocycles. The van der Waals surface area contributed by atoms with E-state index in [1.165, 1.54) is 20.5 Å². The molecule has 2 unspecified atom stereocenters. The van der Waals surface area contributed by atoms with Gasteiger partial charge < -0.3 is 33.2 Å². The van der Waals surface area contributed by atoms with Crippen LogP contribution in [0, 0.1) is 0 Å². The molecule has 2 atom stereocenters. The molecule has 0 saturated carbocycles. The van der Waals surface area contributed by atoms with Crippen molar-refractivity contribution in [2.24, 2.45) is 0 Å². The average Bonchev–Trinajstić information content (AvgIpc) is 3.85. The van der Waals surface area contributed by atoms with E-state index in [4.69, 9.17) is 9.47 Å². The molecule has 2 saturated heterocycles. The van der Waals surface area contributed by atoms with Gasteiger partial charge in [-0.05, 0) is 34.6 Å². The van der Waals surface area contributed by atoms with Crippen LogP contribution in [-0.2, 0) is 47.5 Å². The first-order valence-electron chi connectivity index (χ1n) is 12.1. The van der Waals surface area contributed by atoms with E-state index in [1.54, 1.807) is 27.2 Å². The molecule has 2 aliphatic heterocycles. The van der Waals surface area contributed by atoms with Crippen molar-refractivity contribution in [2.45, 2.75) is 58.6 Å². The van der Waals surface area contributed by atoms with E-state index in [1.807, 2.05) is 0 Å². The van der Waals surface area contributed by atoms with Gasteiger partial charge in [-0.1, -0.05) is 32.4 Å². The minimum atomic E-state index is -4.69. The van der Waals surface area contributed by atoms with Crippen molar-refractivity contribution in [2.75, 3.05) is 48.8 Å². The van der Waals surface area contributed by atoms with Gasteiger partial charge in [0.1, 0.15) is 5.57 Å². The lowest BCUT2D eigenvalue weighted by atomic mass is 10.2. The monoisotopic (exact) mass is 614 g/mol. The fourth-order valence-corrected chi connectivity index (χ4v) is 1.13. The Bertz CT molecular complexity index is 802. The van der Waals surface area contributed by atoms with Crippen LogP contribution in [0.5, 0.6) is 0 Å². The number of halogens is 3. The van der Waals surface area contributed by atoms with Crippen LogP contribution in [0.15, 0.2) is 62.5 Å². The van der Waals surface area contributed by atoms with E-state index >= 15 is 0 Å². The predicted molar refractivity (Wildman–Crippen MR) is 156 cm³/mol. The minimum absolute atomic E-state index is 0.208. The Balaban J connectivity index is -0.000000130. The van der Waals surface area contributed by atoms with E-state index in [0.29, 0.717) is 24.4 Å². The van der Waals surface area contributed by atoms with Crippen LogP contribution < -0.4 is 0 Å². The highest BCUT2D eigenvalue weighted by atomic mass is 19.4. The molecule has 0 aromatic carbocycles. The first-order chi connectivity index (χ1) is 19.2. The third kappa shape index (κ3) is 41.1. The Morgan fingerprint density at radius 1 is 0.929 bits per heavy atom. The molecule has 0 bridgehead atoms. The summed E-state index contributed by atoms with van der Waals surface area (Å²) in [7, 11) is 6.70. The lowest BCUT2D eigenvalue weighted by Gasteiger charge is -2.05. The molecule has 2 fully saturated rings. The zero-order chi connectivity index (χ0) is 34.5. The van der Waals surface area contributed by atoms with Crippen LogP contribution in [-0.4, -0.2) is 90.7 Å². The topological polar surface area (TPSA) is 122 Å². The minimum Gasteiger partial charge on any atom is -0.505 e. The number of carbonyl (C=O) groups excluding carboxylic acids is 3. The molecule has 2 rings (SSSR count). The molecule has 0 radical (unpaired) electrons. The van der Waals surface area contributed by atoms with E-state index in [-0.39, 0.29) is 11.6 Å². The average molecular weight is 615 g/mol. The largest absolute Gasteiger partial charge is 0.505 e. The molecule has 0 amide bonds.